The first-order valence-corrected chi connectivity index (χ1v) is 9.41. The van der Waals surface area contributed by atoms with Crippen molar-refractivity contribution in [3.05, 3.63) is 24.3 Å². The van der Waals surface area contributed by atoms with E-state index in [2.05, 4.69) is 4.98 Å². The summed E-state index contributed by atoms with van der Waals surface area (Å²) in [5.41, 5.74) is 0.988. The lowest BCUT2D eigenvalue weighted by Gasteiger charge is -2.37. The van der Waals surface area contributed by atoms with Crippen LogP contribution in [0.1, 0.15) is 26.2 Å². The summed E-state index contributed by atoms with van der Waals surface area (Å²) in [6.07, 6.45) is 2.55. The molecule has 6 heteroatoms. The molecule has 1 aliphatic rings. The number of aliphatic hydroxyl groups excluding tert-OH is 1. The molecular weight excluding hydrogens is 316 g/mol. The predicted molar refractivity (Wildman–Crippen MR) is 91.4 cm³/mol. The molecule has 0 saturated carbocycles. The third kappa shape index (κ3) is 3.45. The number of para-hydroxylation sites is 1. The predicted octanol–water partition coefficient (Wildman–Crippen LogP) is 3.15. The third-order valence-electron chi connectivity index (χ3n) is 4.02. The molecule has 1 N–H and O–H groups in total. The van der Waals surface area contributed by atoms with Crippen molar-refractivity contribution in [2.75, 3.05) is 12.3 Å². The highest BCUT2D eigenvalue weighted by Crippen LogP contribution is 2.30. The number of nitrogens with zero attached hydrogens (tertiary/aromatic N) is 2. The van der Waals surface area contributed by atoms with Gasteiger partial charge in [-0.3, -0.25) is 4.79 Å². The molecule has 1 aromatic heterocycles. The number of carbonyl (C=O) groups is 1. The number of hydrogen-bond acceptors (Lipinski definition) is 5. The van der Waals surface area contributed by atoms with Crippen molar-refractivity contribution in [2.45, 2.75) is 42.7 Å². The van der Waals surface area contributed by atoms with Crippen molar-refractivity contribution in [3.63, 3.8) is 0 Å². The van der Waals surface area contributed by atoms with Gasteiger partial charge in [0.1, 0.15) is 0 Å². The van der Waals surface area contributed by atoms with E-state index in [0.29, 0.717) is 5.75 Å². The van der Waals surface area contributed by atoms with E-state index in [0.717, 1.165) is 40.4 Å². The minimum atomic E-state index is -0.461. The summed E-state index contributed by atoms with van der Waals surface area (Å²) in [5.74, 6) is 0.498. The van der Waals surface area contributed by atoms with Crippen LogP contribution in [0.3, 0.4) is 0 Å². The summed E-state index contributed by atoms with van der Waals surface area (Å²) >= 11 is 3.12. The van der Waals surface area contributed by atoms with Gasteiger partial charge in [0.25, 0.3) is 0 Å². The van der Waals surface area contributed by atoms with Gasteiger partial charge in [-0.2, -0.15) is 0 Å². The molecule has 118 valence electrons. The van der Waals surface area contributed by atoms with Crippen LogP contribution in [0.4, 0.5) is 0 Å². The molecule has 1 amide bonds. The Hall–Kier alpha value is -1.11. The average molecular weight is 336 g/mol. The fourth-order valence-corrected chi connectivity index (χ4v) is 4.84. The number of aromatic nitrogens is 1. The highest BCUT2D eigenvalue weighted by molar-refractivity contribution is 8.01. The maximum atomic E-state index is 12.5. The summed E-state index contributed by atoms with van der Waals surface area (Å²) in [7, 11) is 0. The average Bonchev–Trinajstić information content (AvgIpc) is 2.95. The molecule has 4 nitrogen and oxygen atoms in total. The molecule has 2 unspecified atom stereocenters. The first kappa shape index (κ1) is 15.8. The Morgan fingerprint density at radius 1 is 1.50 bits per heavy atom. The Morgan fingerprint density at radius 3 is 3.09 bits per heavy atom. The van der Waals surface area contributed by atoms with E-state index in [4.69, 9.17) is 0 Å². The number of likely N-dealkylation sites (tertiary alicyclic amines) is 1. The lowest BCUT2D eigenvalue weighted by molar-refractivity contribution is -0.134. The van der Waals surface area contributed by atoms with Crippen LogP contribution in [-0.2, 0) is 4.79 Å². The fraction of sp³-hybridized carbons (Fsp3) is 0.500. The second-order valence-electron chi connectivity index (χ2n) is 5.63. The number of amides is 1. The van der Waals surface area contributed by atoms with Gasteiger partial charge >= 0.3 is 0 Å². The van der Waals surface area contributed by atoms with Gasteiger partial charge in [-0.25, -0.2) is 4.98 Å². The molecule has 2 aromatic rings. The normalized spacial score (nSPS) is 20.3. The summed E-state index contributed by atoms with van der Waals surface area (Å²) in [6, 6.07) is 7.99. The second kappa shape index (κ2) is 6.98. The van der Waals surface area contributed by atoms with Gasteiger partial charge in [-0.1, -0.05) is 23.9 Å². The SMILES string of the molecule is CC(O)C1CCCCN1C(=O)CSc1nc2ccccc2s1. The summed E-state index contributed by atoms with van der Waals surface area (Å²) in [4.78, 5) is 18.9. The van der Waals surface area contributed by atoms with Crippen molar-refractivity contribution in [1.82, 2.24) is 9.88 Å². The van der Waals surface area contributed by atoms with Crippen LogP contribution >= 0.6 is 23.1 Å². The Bertz CT molecular complexity index is 623. The topological polar surface area (TPSA) is 53.4 Å². The van der Waals surface area contributed by atoms with Crippen LogP contribution in [0, 0.1) is 0 Å². The number of hydrogen-bond donors (Lipinski definition) is 1. The van der Waals surface area contributed by atoms with E-state index >= 15 is 0 Å². The van der Waals surface area contributed by atoms with Crippen molar-refractivity contribution >= 4 is 39.2 Å². The zero-order chi connectivity index (χ0) is 15.5. The largest absolute Gasteiger partial charge is 0.391 e. The molecule has 1 aromatic carbocycles. The number of thioether (sulfide) groups is 1. The van der Waals surface area contributed by atoms with Gasteiger partial charge in [0, 0.05) is 6.54 Å². The second-order valence-corrected chi connectivity index (χ2v) is 7.88. The van der Waals surface area contributed by atoms with E-state index < -0.39 is 6.10 Å². The van der Waals surface area contributed by atoms with Gasteiger partial charge in [0.15, 0.2) is 4.34 Å². The van der Waals surface area contributed by atoms with Crippen LogP contribution in [0.2, 0.25) is 0 Å². The standard InChI is InChI=1S/C16H20N2O2S2/c1-11(19)13-7-4-5-9-18(13)15(20)10-21-16-17-12-6-2-3-8-14(12)22-16/h2-3,6,8,11,13,19H,4-5,7,9-10H2,1H3. The van der Waals surface area contributed by atoms with Gasteiger partial charge < -0.3 is 10.0 Å². The number of fused-ring (bicyclic) bond motifs is 1. The molecule has 0 bridgehead atoms. The molecule has 1 fully saturated rings. The van der Waals surface area contributed by atoms with Gasteiger partial charge in [-0.05, 0) is 38.3 Å². The van der Waals surface area contributed by atoms with Gasteiger partial charge in [0.2, 0.25) is 5.91 Å². The van der Waals surface area contributed by atoms with Gasteiger partial charge in [0.05, 0.1) is 28.1 Å². The zero-order valence-electron chi connectivity index (χ0n) is 12.6. The quantitative estimate of drug-likeness (QED) is 0.872. The Labute approximate surface area is 138 Å². The number of thiazole rings is 1. The molecule has 2 atom stereocenters. The highest BCUT2D eigenvalue weighted by atomic mass is 32.2. The summed E-state index contributed by atoms with van der Waals surface area (Å²) in [6.45, 7) is 2.53. The lowest BCUT2D eigenvalue weighted by Crippen LogP contribution is -2.49. The van der Waals surface area contributed by atoms with Crippen LogP contribution in [0.5, 0.6) is 0 Å². The van der Waals surface area contributed by atoms with E-state index in [1.165, 1.54) is 11.8 Å². The number of piperidine rings is 1. The first-order chi connectivity index (χ1) is 10.6. The highest BCUT2D eigenvalue weighted by Gasteiger charge is 2.29. The zero-order valence-corrected chi connectivity index (χ0v) is 14.2. The first-order valence-electron chi connectivity index (χ1n) is 7.61. The van der Waals surface area contributed by atoms with E-state index in [1.807, 2.05) is 29.2 Å². The molecule has 0 radical (unpaired) electrons. The van der Waals surface area contributed by atoms with Crippen LogP contribution in [0.15, 0.2) is 28.6 Å². The maximum Gasteiger partial charge on any atom is 0.233 e. The Morgan fingerprint density at radius 2 is 2.32 bits per heavy atom. The summed E-state index contributed by atoms with van der Waals surface area (Å²) < 4.78 is 2.08. The van der Waals surface area contributed by atoms with Crippen molar-refractivity contribution in [1.29, 1.82) is 0 Å². The van der Waals surface area contributed by atoms with E-state index in [9.17, 15) is 9.90 Å². The van der Waals surface area contributed by atoms with Crippen molar-refractivity contribution < 1.29 is 9.90 Å². The fourth-order valence-electron chi connectivity index (χ4n) is 2.89. The van der Waals surface area contributed by atoms with E-state index in [-0.39, 0.29) is 11.9 Å². The van der Waals surface area contributed by atoms with Crippen molar-refractivity contribution in [3.8, 4) is 0 Å². The lowest BCUT2D eigenvalue weighted by atomic mass is 9.98. The van der Waals surface area contributed by atoms with Gasteiger partial charge in [-0.15, -0.1) is 11.3 Å². The molecule has 3 rings (SSSR count). The molecular formula is C16H20N2O2S2. The maximum absolute atomic E-state index is 12.5. The Kier molecular flexibility index (Phi) is 5.00. The van der Waals surface area contributed by atoms with E-state index in [1.54, 1.807) is 18.3 Å². The molecule has 2 heterocycles. The number of aliphatic hydroxyl groups is 1. The molecule has 22 heavy (non-hydrogen) atoms. The molecule has 0 aliphatic carbocycles. The minimum absolute atomic E-state index is 0.0304. The number of rotatable bonds is 4. The number of benzene rings is 1. The smallest absolute Gasteiger partial charge is 0.233 e. The monoisotopic (exact) mass is 336 g/mol. The van der Waals surface area contributed by atoms with Crippen LogP contribution in [-0.4, -0.2) is 45.3 Å². The molecule has 0 spiro atoms. The summed E-state index contributed by atoms with van der Waals surface area (Å²) in [5, 5.41) is 9.87. The molecule has 1 aliphatic heterocycles. The van der Waals surface area contributed by atoms with Crippen molar-refractivity contribution in [2.24, 2.45) is 0 Å². The number of carbonyl (C=O) groups excluding carboxylic acids is 1. The van der Waals surface area contributed by atoms with Crippen LogP contribution < -0.4 is 0 Å². The minimum Gasteiger partial charge on any atom is -0.391 e. The third-order valence-corrected chi connectivity index (χ3v) is 6.18. The molecule has 1 saturated heterocycles. The van der Waals surface area contributed by atoms with Crippen LogP contribution in [0.25, 0.3) is 10.2 Å². The Balaban J connectivity index is 1.63.